The number of nitrogen functional groups attached to an aromatic ring is 1. The highest BCUT2D eigenvalue weighted by molar-refractivity contribution is 5.91. The summed E-state index contributed by atoms with van der Waals surface area (Å²) in [5.41, 5.74) is 7.19. The van der Waals surface area contributed by atoms with Gasteiger partial charge < -0.3 is 10.5 Å². The van der Waals surface area contributed by atoms with Crippen molar-refractivity contribution in [3.63, 3.8) is 0 Å². The van der Waals surface area contributed by atoms with Crippen LogP contribution >= 0.6 is 0 Å². The second-order valence-electron chi connectivity index (χ2n) is 3.76. The summed E-state index contributed by atoms with van der Waals surface area (Å²) in [5.74, 6) is 0. The number of benzene rings is 1. The Morgan fingerprint density at radius 2 is 2.06 bits per heavy atom. The van der Waals surface area contributed by atoms with E-state index >= 15 is 0 Å². The van der Waals surface area contributed by atoms with Gasteiger partial charge in [0.1, 0.15) is 0 Å². The van der Waals surface area contributed by atoms with Gasteiger partial charge in [-0.15, -0.1) is 0 Å². The lowest BCUT2D eigenvalue weighted by Gasteiger charge is -2.23. The fourth-order valence-electron chi connectivity index (χ4n) is 1.56. The van der Waals surface area contributed by atoms with Crippen LogP contribution in [0.2, 0.25) is 0 Å². The molecule has 1 aromatic carbocycles. The van der Waals surface area contributed by atoms with Crippen LogP contribution in [0.15, 0.2) is 24.3 Å². The second-order valence-corrected chi connectivity index (χ2v) is 3.76. The predicted molar refractivity (Wildman–Crippen MR) is 70.1 cm³/mol. The van der Waals surface area contributed by atoms with E-state index in [0.717, 1.165) is 18.5 Å². The standard InChI is InChI=1S/C13H20N2O2/c1-3-5-10-15(13(16)17-4-2)12-9-7-6-8-11(12)14/h6-9H,3-5,10,14H2,1-2H3. The Balaban J connectivity index is 2.89. The second kappa shape index (κ2) is 6.78. The number of unbranched alkanes of at least 4 members (excludes halogenated alkanes) is 1. The van der Waals surface area contributed by atoms with Gasteiger partial charge >= 0.3 is 6.09 Å². The molecule has 0 fully saturated rings. The number of carbonyl (C=O) groups excluding carboxylic acids is 1. The Morgan fingerprint density at radius 3 is 2.65 bits per heavy atom. The molecule has 1 aromatic rings. The Hall–Kier alpha value is -1.71. The summed E-state index contributed by atoms with van der Waals surface area (Å²) in [6.45, 7) is 4.87. The van der Waals surface area contributed by atoms with Crippen LogP contribution in [-0.4, -0.2) is 19.2 Å². The molecule has 0 saturated carbocycles. The molecular formula is C13H20N2O2. The van der Waals surface area contributed by atoms with Crippen LogP contribution in [0.4, 0.5) is 16.2 Å². The smallest absolute Gasteiger partial charge is 0.414 e. The van der Waals surface area contributed by atoms with Crippen LogP contribution in [0.1, 0.15) is 26.7 Å². The number of hydrogen-bond acceptors (Lipinski definition) is 3. The van der Waals surface area contributed by atoms with Gasteiger partial charge in [0.05, 0.1) is 18.0 Å². The van der Waals surface area contributed by atoms with E-state index in [4.69, 9.17) is 10.5 Å². The van der Waals surface area contributed by atoms with E-state index in [-0.39, 0.29) is 6.09 Å². The lowest BCUT2D eigenvalue weighted by Crippen LogP contribution is -2.33. The van der Waals surface area contributed by atoms with Crippen molar-refractivity contribution in [3.8, 4) is 0 Å². The molecule has 0 unspecified atom stereocenters. The van der Waals surface area contributed by atoms with Crippen LogP contribution in [-0.2, 0) is 4.74 Å². The highest BCUT2D eigenvalue weighted by Crippen LogP contribution is 2.23. The van der Waals surface area contributed by atoms with Crippen molar-refractivity contribution in [3.05, 3.63) is 24.3 Å². The number of rotatable bonds is 5. The molecule has 0 bridgehead atoms. The number of para-hydroxylation sites is 2. The van der Waals surface area contributed by atoms with Crippen molar-refractivity contribution < 1.29 is 9.53 Å². The third-order valence-corrected chi connectivity index (χ3v) is 2.45. The molecule has 0 atom stereocenters. The number of hydrogen-bond donors (Lipinski definition) is 1. The maximum atomic E-state index is 11.8. The van der Waals surface area contributed by atoms with Crippen molar-refractivity contribution in [2.45, 2.75) is 26.7 Å². The third kappa shape index (κ3) is 3.66. The molecule has 0 aliphatic carbocycles. The SMILES string of the molecule is CCCCN(C(=O)OCC)c1ccccc1N. The molecular weight excluding hydrogens is 216 g/mol. The molecule has 4 nitrogen and oxygen atoms in total. The first-order chi connectivity index (χ1) is 8.20. The minimum Gasteiger partial charge on any atom is -0.449 e. The highest BCUT2D eigenvalue weighted by atomic mass is 16.6. The largest absolute Gasteiger partial charge is 0.449 e. The first-order valence-electron chi connectivity index (χ1n) is 5.99. The number of nitrogens with zero attached hydrogens (tertiary/aromatic N) is 1. The van der Waals surface area contributed by atoms with Crippen molar-refractivity contribution >= 4 is 17.5 Å². The summed E-state index contributed by atoms with van der Waals surface area (Å²) in [5, 5.41) is 0. The van der Waals surface area contributed by atoms with Gasteiger partial charge in [0.2, 0.25) is 0 Å². The average Bonchev–Trinajstić information content (AvgIpc) is 2.32. The first-order valence-corrected chi connectivity index (χ1v) is 5.99. The van der Waals surface area contributed by atoms with E-state index in [2.05, 4.69) is 6.92 Å². The average molecular weight is 236 g/mol. The molecule has 4 heteroatoms. The van der Waals surface area contributed by atoms with Crippen LogP contribution in [0.3, 0.4) is 0 Å². The molecule has 0 spiro atoms. The molecule has 1 amide bonds. The Bertz CT molecular complexity index is 366. The summed E-state index contributed by atoms with van der Waals surface area (Å²) < 4.78 is 5.04. The van der Waals surface area contributed by atoms with Gasteiger partial charge in [0.15, 0.2) is 0 Å². The molecule has 0 aliphatic rings. The summed E-state index contributed by atoms with van der Waals surface area (Å²) in [6, 6.07) is 7.33. The zero-order valence-corrected chi connectivity index (χ0v) is 10.5. The van der Waals surface area contributed by atoms with E-state index in [1.54, 1.807) is 17.9 Å². The predicted octanol–water partition coefficient (Wildman–Crippen LogP) is 3.03. The first kappa shape index (κ1) is 13.4. The van der Waals surface area contributed by atoms with Gasteiger partial charge in [-0.05, 0) is 25.5 Å². The summed E-state index contributed by atoms with van der Waals surface area (Å²) >= 11 is 0. The number of carbonyl (C=O) groups is 1. The van der Waals surface area contributed by atoms with Gasteiger partial charge in [-0.25, -0.2) is 4.79 Å². The summed E-state index contributed by atoms with van der Waals surface area (Å²) in [6.07, 6.45) is 1.61. The maximum Gasteiger partial charge on any atom is 0.414 e. The van der Waals surface area contributed by atoms with Crippen LogP contribution in [0.5, 0.6) is 0 Å². The molecule has 0 aliphatic heterocycles. The van der Waals surface area contributed by atoms with Gasteiger partial charge in [-0.2, -0.15) is 0 Å². The van der Waals surface area contributed by atoms with E-state index in [1.807, 2.05) is 18.2 Å². The van der Waals surface area contributed by atoms with E-state index in [0.29, 0.717) is 18.8 Å². The number of amides is 1. The molecule has 0 aromatic heterocycles. The van der Waals surface area contributed by atoms with Crippen LogP contribution in [0.25, 0.3) is 0 Å². The molecule has 2 N–H and O–H groups in total. The Kier molecular flexibility index (Phi) is 5.33. The van der Waals surface area contributed by atoms with Crippen molar-refractivity contribution in [1.82, 2.24) is 0 Å². The summed E-state index contributed by atoms with van der Waals surface area (Å²) in [7, 11) is 0. The zero-order valence-electron chi connectivity index (χ0n) is 10.5. The lowest BCUT2D eigenvalue weighted by atomic mass is 10.2. The number of anilines is 2. The van der Waals surface area contributed by atoms with E-state index < -0.39 is 0 Å². The Morgan fingerprint density at radius 1 is 1.35 bits per heavy atom. The fraction of sp³-hybridized carbons (Fsp3) is 0.462. The zero-order chi connectivity index (χ0) is 12.7. The third-order valence-electron chi connectivity index (χ3n) is 2.45. The number of nitrogens with two attached hydrogens (primary N) is 1. The Labute approximate surface area is 102 Å². The normalized spacial score (nSPS) is 10.0. The topological polar surface area (TPSA) is 55.6 Å². The van der Waals surface area contributed by atoms with Gasteiger partial charge in [0.25, 0.3) is 0 Å². The van der Waals surface area contributed by atoms with Gasteiger partial charge in [-0.3, -0.25) is 4.90 Å². The van der Waals surface area contributed by atoms with Crippen molar-refractivity contribution in [1.29, 1.82) is 0 Å². The maximum absolute atomic E-state index is 11.8. The molecule has 0 radical (unpaired) electrons. The van der Waals surface area contributed by atoms with E-state index in [9.17, 15) is 4.79 Å². The fourth-order valence-corrected chi connectivity index (χ4v) is 1.56. The van der Waals surface area contributed by atoms with E-state index in [1.165, 1.54) is 0 Å². The summed E-state index contributed by atoms with van der Waals surface area (Å²) in [4.78, 5) is 13.4. The molecule has 0 heterocycles. The minimum atomic E-state index is -0.334. The van der Waals surface area contributed by atoms with Crippen molar-refractivity contribution in [2.24, 2.45) is 0 Å². The molecule has 1 rings (SSSR count). The van der Waals surface area contributed by atoms with Crippen LogP contribution < -0.4 is 10.6 Å². The van der Waals surface area contributed by atoms with Crippen molar-refractivity contribution in [2.75, 3.05) is 23.8 Å². The quantitative estimate of drug-likeness (QED) is 0.799. The molecule has 94 valence electrons. The molecule has 17 heavy (non-hydrogen) atoms. The number of ether oxygens (including phenoxy) is 1. The van der Waals surface area contributed by atoms with Gasteiger partial charge in [0, 0.05) is 6.54 Å². The minimum absolute atomic E-state index is 0.334. The highest BCUT2D eigenvalue weighted by Gasteiger charge is 2.17. The molecule has 0 saturated heterocycles. The monoisotopic (exact) mass is 236 g/mol. The lowest BCUT2D eigenvalue weighted by molar-refractivity contribution is 0.159. The van der Waals surface area contributed by atoms with Crippen LogP contribution in [0, 0.1) is 0 Å². The van der Waals surface area contributed by atoms with Gasteiger partial charge in [-0.1, -0.05) is 25.5 Å².